The smallest absolute Gasteiger partial charge is 0.266 e. The third kappa shape index (κ3) is 5.21. The molecule has 2 aromatic heterocycles. The average molecular weight is 459 g/mol. The number of aromatic nitrogens is 3. The van der Waals surface area contributed by atoms with Gasteiger partial charge < -0.3 is 10.6 Å². The van der Waals surface area contributed by atoms with Gasteiger partial charge in [-0.25, -0.2) is 23.1 Å². The Morgan fingerprint density at radius 2 is 1.94 bits per heavy atom. The standard InChI is InChI=1S/C23H24F3N5O2/c1-12(29-14(3)32)8-9-15-10-18-21(27-11-28-22(18)31(4)23(15)33)30-13(2)16-6-5-7-17(19(16)24)20(25)26/h5-7,10-11,13,20H,1,8-9H2,2-4H3,(H,29,32)(H,27,28,30)/t13-/m1/s1. The predicted octanol–water partition coefficient (Wildman–Crippen LogP) is 4.16. The molecule has 0 fully saturated rings. The summed E-state index contributed by atoms with van der Waals surface area (Å²) in [6.45, 7) is 6.77. The average Bonchev–Trinajstić information content (AvgIpc) is 2.75. The van der Waals surface area contributed by atoms with Gasteiger partial charge in [0.1, 0.15) is 23.6 Å². The van der Waals surface area contributed by atoms with E-state index in [4.69, 9.17) is 0 Å². The second kappa shape index (κ2) is 9.85. The quantitative estimate of drug-likeness (QED) is 0.528. The Kier molecular flexibility index (Phi) is 7.15. The first kappa shape index (κ1) is 24.0. The van der Waals surface area contributed by atoms with Crippen molar-refractivity contribution in [2.45, 2.75) is 39.2 Å². The molecule has 0 unspecified atom stereocenters. The maximum absolute atomic E-state index is 14.6. The lowest BCUT2D eigenvalue weighted by molar-refractivity contribution is -0.118. The molecule has 7 nitrogen and oxygen atoms in total. The van der Waals surface area contributed by atoms with Crippen LogP contribution < -0.4 is 16.2 Å². The van der Waals surface area contributed by atoms with Crippen LogP contribution in [0.4, 0.5) is 19.0 Å². The molecule has 0 saturated heterocycles. The van der Waals surface area contributed by atoms with E-state index in [1.54, 1.807) is 20.0 Å². The fraction of sp³-hybridized carbons (Fsp3) is 0.304. The van der Waals surface area contributed by atoms with Gasteiger partial charge in [-0.05, 0) is 25.8 Å². The van der Waals surface area contributed by atoms with E-state index in [0.29, 0.717) is 41.0 Å². The number of halogens is 3. The Labute approximate surface area is 188 Å². The summed E-state index contributed by atoms with van der Waals surface area (Å²) in [6, 6.07) is 4.80. The van der Waals surface area contributed by atoms with E-state index in [1.165, 1.54) is 30.0 Å². The zero-order valence-corrected chi connectivity index (χ0v) is 18.5. The third-order valence-corrected chi connectivity index (χ3v) is 5.24. The minimum Gasteiger partial charge on any atom is -0.363 e. The van der Waals surface area contributed by atoms with Gasteiger partial charge in [0.05, 0.1) is 17.0 Å². The van der Waals surface area contributed by atoms with Crippen LogP contribution in [0.15, 0.2) is 47.7 Å². The summed E-state index contributed by atoms with van der Waals surface area (Å²) in [5.74, 6) is -0.897. The van der Waals surface area contributed by atoms with Gasteiger partial charge in [0.25, 0.3) is 12.0 Å². The summed E-state index contributed by atoms with van der Waals surface area (Å²) in [4.78, 5) is 32.3. The molecule has 3 rings (SSSR count). The van der Waals surface area contributed by atoms with Crippen LogP contribution in [-0.2, 0) is 18.3 Å². The highest BCUT2D eigenvalue weighted by molar-refractivity contribution is 5.87. The lowest BCUT2D eigenvalue weighted by atomic mass is 10.0. The number of nitrogens with one attached hydrogen (secondary N) is 2. The number of aryl methyl sites for hydroxylation is 2. The van der Waals surface area contributed by atoms with E-state index in [0.717, 1.165) is 6.07 Å². The van der Waals surface area contributed by atoms with Gasteiger partial charge in [-0.3, -0.25) is 14.2 Å². The van der Waals surface area contributed by atoms with Crippen molar-refractivity contribution in [3.8, 4) is 0 Å². The second-order valence-corrected chi connectivity index (χ2v) is 7.70. The van der Waals surface area contributed by atoms with E-state index in [9.17, 15) is 22.8 Å². The Morgan fingerprint density at radius 1 is 1.24 bits per heavy atom. The van der Waals surface area contributed by atoms with E-state index in [-0.39, 0.29) is 17.0 Å². The number of hydrogen-bond acceptors (Lipinski definition) is 5. The van der Waals surface area contributed by atoms with Crippen molar-refractivity contribution in [3.63, 3.8) is 0 Å². The van der Waals surface area contributed by atoms with Crippen molar-refractivity contribution in [3.05, 3.63) is 75.7 Å². The summed E-state index contributed by atoms with van der Waals surface area (Å²) in [7, 11) is 1.57. The summed E-state index contributed by atoms with van der Waals surface area (Å²) in [5, 5.41) is 6.15. The minimum absolute atomic E-state index is 0.0659. The maximum atomic E-state index is 14.6. The Hall–Kier alpha value is -3.69. The SMILES string of the molecule is C=C(CCc1cc2c(N[C@H](C)c3cccc(C(F)F)c3F)ncnc2n(C)c1=O)NC(C)=O. The van der Waals surface area contributed by atoms with Crippen LogP contribution in [0.5, 0.6) is 0 Å². The highest BCUT2D eigenvalue weighted by Crippen LogP contribution is 2.30. The lowest BCUT2D eigenvalue weighted by Gasteiger charge is -2.19. The molecule has 0 aliphatic rings. The zero-order chi connectivity index (χ0) is 24.3. The molecule has 0 aliphatic heterocycles. The number of alkyl halides is 2. The monoisotopic (exact) mass is 459 g/mol. The van der Waals surface area contributed by atoms with Crippen molar-refractivity contribution in [1.82, 2.24) is 19.9 Å². The van der Waals surface area contributed by atoms with Crippen molar-refractivity contribution in [2.24, 2.45) is 7.05 Å². The third-order valence-electron chi connectivity index (χ3n) is 5.24. The Morgan fingerprint density at radius 3 is 2.61 bits per heavy atom. The van der Waals surface area contributed by atoms with Gasteiger partial charge in [0.15, 0.2) is 0 Å². The number of anilines is 1. The topological polar surface area (TPSA) is 88.9 Å². The first-order valence-corrected chi connectivity index (χ1v) is 10.2. The summed E-state index contributed by atoms with van der Waals surface area (Å²) >= 11 is 0. The largest absolute Gasteiger partial charge is 0.363 e. The number of amides is 1. The molecular formula is C23H24F3N5O2. The highest BCUT2D eigenvalue weighted by atomic mass is 19.3. The molecule has 2 heterocycles. The molecule has 0 spiro atoms. The number of fused-ring (bicyclic) bond motifs is 1. The van der Waals surface area contributed by atoms with E-state index < -0.39 is 23.8 Å². The van der Waals surface area contributed by atoms with Crippen LogP contribution >= 0.6 is 0 Å². The molecule has 1 amide bonds. The number of hydrogen-bond donors (Lipinski definition) is 2. The van der Waals surface area contributed by atoms with Gasteiger partial charge in [-0.2, -0.15) is 0 Å². The number of nitrogens with zero attached hydrogens (tertiary/aromatic N) is 3. The van der Waals surface area contributed by atoms with Crippen LogP contribution in [-0.4, -0.2) is 20.4 Å². The van der Waals surface area contributed by atoms with Crippen molar-refractivity contribution < 1.29 is 18.0 Å². The Bertz CT molecular complexity index is 1270. The normalized spacial score (nSPS) is 12.1. The molecule has 0 radical (unpaired) electrons. The fourth-order valence-electron chi connectivity index (χ4n) is 3.58. The van der Waals surface area contributed by atoms with Crippen LogP contribution in [0, 0.1) is 5.82 Å². The second-order valence-electron chi connectivity index (χ2n) is 7.70. The maximum Gasteiger partial charge on any atom is 0.266 e. The molecule has 1 atom stereocenters. The van der Waals surface area contributed by atoms with Crippen molar-refractivity contribution >= 4 is 22.8 Å². The predicted molar refractivity (Wildman–Crippen MR) is 119 cm³/mol. The number of carbonyl (C=O) groups excluding carboxylic acids is 1. The van der Waals surface area contributed by atoms with E-state index >= 15 is 0 Å². The number of rotatable bonds is 8. The van der Waals surface area contributed by atoms with Gasteiger partial charge >= 0.3 is 0 Å². The summed E-state index contributed by atoms with van der Waals surface area (Å²) in [6.07, 6.45) is -0.988. The first-order chi connectivity index (χ1) is 15.6. The molecule has 1 aromatic carbocycles. The molecule has 10 heteroatoms. The van der Waals surface area contributed by atoms with Crippen molar-refractivity contribution in [1.29, 1.82) is 0 Å². The number of benzene rings is 1. The van der Waals surface area contributed by atoms with Crippen LogP contribution in [0.1, 0.15) is 49.4 Å². The Balaban J connectivity index is 1.96. The molecule has 2 N–H and O–H groups in total. The fourth-order valence-corrected chi connectivity index (χ4v) is 3.58. The van der Waals surface area contributed by atoms with Crippen LogP contribution in [0.25, 0.3) is 11.0 Å². The first-order valence-electron chi connectivity index (χ1n) is 10.2. The van der Waals surface area contributed by atoms with Crippen LogP contribution in [0.2, 0.25) is 0 Å². The van der Waals surface area contributed by atoms with E-state index in [1.807, 2.05) is 0 Å². The van der Waals surface area contributed by atoms with Crippen LogP contribution in [0.3, 0.4) is 0 Å². The molecule has 3 aromatic rings. The van der Waals surface area contributed by atoms with Gasteiger partial charge in [-0.15, -0.1) is 0 Å². The van der Waals surface area contributed by atoms with Gasteiger partial charge in [0.2, 0.25) is 5.91 Å². The zero-order valence-electron chi connectivity index (χ0n) is 18.5. The van der Waals surface area contributed by atoms with Gasteiger partial charge in [-0.1, -0.05) is 24.8 Å². The van der Waals surface area contributed by atoms with Crippen molar-refractivity contribution in [2.75, 3.05) is 5.32 Å². The molecular weight excluding hydrogens is 435 g/mol. The number of allylic oxidation sites excluding steroid dienone is 1. The number of pyridine rings is 1. The lowest BCUT2D eigenvalue weighted by Crippen LogP contribution is -2.24. The number of carbonyl (C=O) groups is 1. The molecule has 0 aliphatic carbocycles. The molecule has 0 saturated carbocycles. The van der Waals surface area contributed by atoms with Gasteiger partial charge in [0, 0.05) is 30.8 Å². The minimum atomic E-state index is -2.93. The highest BCUT2D eigenvalue weighted by Gasteiger charge is 2.21. The molecule has 0 bridgehead atoms. The summed E-state index contributed by atoms with van der Waals surface area (Å²) in [5.41, 5.74) is 0.430. The molecule has 33 heavy (non-hydrogen) atoms. The van der Waals surface area contributed by atoms with E-state index in [2.05, 4.69) is 27.2 Å². The molecule has 174 valence electrons. The summed E-state index contributed by atoms with van der Waals surface area (Å²) < 4.78 is 42.2.